The lowest BCUT2D eigenvalue weighted by Crippen LogP contribution is -2.41. The average molecular weight is 286 g/mol. The summed E-state index contributed by atoms with van der Waals surface area (Å²) in [6, 6.07) is 1.10. The number of hydrogen-bond acceptors (Lipinski definition) is 3. The Morgan fingerprint density at radius 2 is 2.26 bits per heavy atom. The maximum atomic E-state index is 13.1. The van der Waals surface area contributed by atoms with E-state index in [-0.39, 0.29) is 22.7 Å². The molecule has 0 radical (unpaired) electrons. The average Bonchev–Trinajstić information content (AvgIpc) is 2.84. The van der Waals surface area contributed by atoms with Crippen molar-refractivity contribution in [2.45, 2.75) is 25.8 Å². The molecule has 1 aromatic heterocycles. The summed E-state index contributed by atoms with van der Waals surface area (Å²) < 4.78 is 13.1. The smallest absolute Gasteiger partial charge is 0.254 e. The van der Waals surface area contributed by atoms with Gasteiger partial charge in [0, 0.05) is 12.6 Å². The normalized spacial score (nSPS) is 17.4. The van der Waals surface area contributed by atoms with E-state index in [4.69, 9.17) is 11.6 Å². The molecular weight excluding hydrogens is 269 g/mol. The molecule has 1 unspecified atom stereocenters. The van der Waals surface area contributed by atoms with E-state index in [0.717, 1.165) is 31.9 Å². The maximum Gasteiger partial charge on any atom is 0.254 e. The highest BCUT2D eigenvalue weighted by Gasteiger charge is 2.18. The SMILES string of the molecule is CC(CN1CCCC1)NC(=O)c1cc(F)cnc1Cl. The molecule has 0 saturated carbocycles. The largest absolute Gasteiger partial charge is 0.348 e. The van der Waals surface area contributed by atoms with Crippen LogP contribution in [0.3, 0.4) is 0 Å². The molecule has 1 saturated heterocycles. The summed E-state index contributed by atoms with van der Waals surface area (Å²) in [4.78, 5) is 17.9. The first-order valence-corrected chi connectivity index (χ1v) is 6.78. The van der Waals surface area contributed by atoms with Crippen LogP contribution in [0, 0.1) is 5.82 Å². The highest BCUT2D eigenvalue weighted by atomic mass is 35.5. The number of aromatic nitrogens is 1. The predicted molar refractivity (Wildman–Crippen MR) is 71.8 cm³/mol. The standard InChI is InChI=1S/C13H17ClFN3O/c1-9(8-18-4-2-3-5-18)17-13(19)11-6-10(15)7-16-12(11)14/h6-7,9H,2-5,8H2,1H3,(H,17,19). The van der Waals surface area contributed by atoms with Crippen molar-refractivity contribution in [3.8, 4) is 0 Å². The molecule has 104 valence electrons. The predicted octanol–water partition coefficient (Wildman–Crippen LogP) is 2.09. The zero-order valence-corrected chi connectivity index (χ0v) is 11.6. The van der Waals surface area contributed by atoms with Gasteiger partial charge in [-0.25, -0.2) is 9.37 Å². The molecule has 19 heavy (non-hydrogen) atoms. The lowest BCUT2D eigenvalue weighted by Gasteiger charge is -2.21. The summed E-state index contributed by atoms with van der Waals surface area (Å²) in [6.07, 6.45) is 3.41. The minimum Gasteiger partial charge on any atom is -0.348 e. The highest BCUT2D eigenvalue weighted by Crippen LogP contribution is 2.14. The molecule has 2 heterocycles. The number of hydrogen-bond donors (Lipinski definition) is 1. The van der Waals surface area contributed by atoms with Crippen LogP contribution in [0.2, 0.25) is 5.15 Å². The lowest BCUT2D eigenvalue weighted by atomic mass is 10.2. The van der Waals surface area contributed by atoms with Crippen molar-refractivity contribution in [3.05, 3.63) is 28.8 Å². The van der Waals surface area contributed by atoms with Gasteiger partial charge in [0.25, 0.3) is 5.91 Å². The molecule has 2 rings (SSSR count). The third-order valence-electron chi connectivity index (χ3n) is 3.16. The van der Waals surface area contributed by atoms with Crippen LogP contribution in [0.1, 0.15) is 30.1 Å². The van der Waals surface area contributed by atoms with E-state index >= 15 is 0 Å². The van der Waals surface area contributed by atoms with E-state index in [1.165, 1.54) is 12.8 Å². The summed E-state index contributed by atoms with van der Waals surface area (Å²) >= 11 is 5.80. The van der Waals surface area contributed by atoms with Crippen molar-refractivity contribution in [2.75, 3.05) is 19.6 Å². The Bertz CT molecular complexity index is 463. The van der Waals surface area contributed by atoms with Crippen LogP contribution < -0.4 is 5.32 Å². The highest BCUT2D eigenvalue weighted by molar-refractivity contribution is 6.32. The first-order chi connectivity index (χ1) is 9.06. The first kappa shape index (κ1) is 14.2. The van der Waals surface area contributed by atoms with Gasteiger partial charge in [0.05, 0.1) is 11.8 Å². The van der Waals surface area contributed by atoms with Gasteiger partial charge in [0.1, 0.15) is 11.0 Å². The molecule has 0 aliphatic carbocycles. The molecule has 0 spiro atoms. The number of amides is 1. The fourth-order valence-electron chi connectivity index (χ4n) is 2.28. The Morgan fingerprint density at radius 1 is 1.58 bits per heavy atom. The number of pyridine rings is 1. The molecule has 1 aliphatic heterocycles. The number of rotatable bonds is 4. The zero-order chi connectivity index (χ0) is 13.8. The fraction of sp³-hybridized carbons (Fsp3) is 0.538. The van der Waals surface area contributed by atoms with Gasteiger partial charge in [-0.3, -0.25) is 4.79 Å². The second kappa shape index (κ2) is 6.30. The first-order valence-electron chi connectivity index (χ1n) is 6.40. The Balaban J connectivity index is 1.94. The molecule has 1 amide bonds. The van der Waals surface area contributed by atoms with Crippen molar-refractivity contribution in [3.63, 3.8) is 0 Å². The van der Waals surface area contributed by atoms with Gasteiger partial charge < -0.3 is 10.2 Å². The van der Waals surface area contributed by atoms with E-state index < -0.39 is 5.82 Å². The third-order valence-corrected chi connectivity index (χ3v) is 3.46. The minimum absolute atomic E-state index is 0.00932. The van der Waals surface area contributed by atoms with Gasteiger partial charge in [-0.1, -0.05) is 11.6 Å². The summed E-state index contributed by atoms with van der Waals surface area (Å²) in [7, 11) is 0. The number of carbonyl (C=O) groups excluding carboxylic acids is 1. The summed E-state index contributed by atoms with van der Waals surface area (Å²) in [5.41, 5.74) is 0.0786. The Morgan fingerprint density at radius 3 is 2.95 bits per heavy atom. The molecule has 4 nitrogen and oxygen atoms in total. The quantitative estimate of drug-likeness (QED) is 0.862. The van der Waals surface area contributed by atoms with Gasteiger partial charge >= 0.3 is 0 Å². The van der Waals surface area contributed by atoms with Crippen molar-refractivity contribution in [1.82, 2.24) is 15.2 Å². The van der Waals surface area contributed by atoms with E-state index in [2.05, 4.69) is 15.2 Å². The van der Waals surface area contributed by atoms with Crippen molar-refractivity contribution in [1.29, 1.82) is 0 Å². The van der Waals surface area contributed by atoms with Crippen LogP contribution in [0.5, 0.6) is 0 Å². The molecule has 1 aromatic rings. The Hall–Kier alpha value is -1.20. The number of likely N-dealkylation sites (tertiary alicyclic amines) is 1. The van der Waals surface area contributed by atoms with Gasteiger partial charge in [0.15, 0.2) is 0 Å². The number of carbonyl (C=O) groups is 1. The number of halogens is 2. The number of nitrogens with zero attached hydrogens (tertiary/aromatic N) is 2. The van der Waals surface area contributed by atoms with Crippen LogP contribution >= 0.6 is 11.6 Å². The van der Waals surface area contributed by atoms with Crippen LogP contribution in [-0.4, -0.2) is 41.5 Å². The van der Waals surface area contributed by atoms with E-state index in [9.17, 15) is 9.18 Å². The van der Waals surface area contributed by atoms with Gasteiger partial charge in [-0.2, -0.15) is 0 Å². The fourth-order valence-corrected chi connectivity index (χ4v) is 2.47. The van der Waals surface area contributed by atoms with E-state index in [1.807, 2.05) is 6.92 Å². The molecular formula is C13H17ClFN3O. The van der Waals surface area contributed by atoms with Crippen LogP contribution in [0.25, 0.3) is 0 Å². The molecule has 1 atom stereocenters. The molecule has 0 aromatic carbocycles. The zero-order valence-electron chi connectivity index (χ0n) is 10.8. The Labute approximate surface area is 117 Å². The summed E-state index contributed by atoms with van der Waals surface area (Å²) in [5, 5.41) is 2.84. The molecule has 0 bridgehead atoms. The summed E-state index contributed by atoms with van der Waals surface area (Å²) in [6.45, 7) is 4.87. The van der Waals surface area contributed by atoms with Gasteiger partial charge in [-0.15, -0.1) is 0 Å². The van der Waals surface area contributed by atoms with Crippen molar-refractivity contribution in [2.24, 2.45) is 0 Å². The monoisotopic (exact) mass is 285 g/mol. The third kappa shape index (κ3) is 3.88. The molecule has 1 aliphatic rings. The maximum absolute atomic E-state index is 13.1. The van der Waals surface area contributed by atoms with Gasteiger partial charge in [-0.05, 0) is 38.9 Å². The van der Waals surface area contributed by atoms with Crippen molar-refractivity contribution < 1.29 is 9.18 Å². The van der Waals surface area contributed by atoms with Crippen LogP contribution in [0.4, 0.5) is 4.39 Å². The summed E-state index contributed by atoms with van der Waals surface area (Å²) in [5.74, 6) is -0.953. The van der Waals surface area contributed by atoms with Crippen LogP contribution in [-0.2, 0) is 0 Å². The topological polar surface area (TPSA) is 45.2 Å². The van der Waals surface area contributed by atoms with E-state index in [0.29, 0.717) is 0 Å². The second-order valence-corrected chi connectivity index (χ2v) is 5.23. The van der Waals surface area contributed by atoms with Crippen molar-refractivity contribution >= 4 is 17.5 Å². The van der Waals surface area contributed by atoms with Crippen LogP contribution in [0.15, 0.2) is 12.3 Å². The lowest BCUT2D eigenvalue weighted by molar-refractivity contribution is 0.0931. The van der Waals surface area contributed by atoms with Gasteiger partial charge in [0.2, 0.25) is 0 Å². The number of nitrogens with one attached hydrogen (secondary N) is 1. The molecule has 6 heteroatoms. The molecule has 1 N–H and O–H groups in total. The minimum atomic E-state index is -0.568. The van der Waals surface area contributed by atoms with E-state index in [1.54, 1.807) is 0 Å². The molecule has 1 fully saturated rings. The second-order valence-electron chi connectivity index (χ2n) is 4.87. The Kier molecular flexibility index (Phi) is 4.71.